The zero-order chi connectivity index (χ0) is 37.1. The van der Waals surface area contributed by atoms with Gasteiger partial charge < -0.3 is 29.7 Å². The van der Waals surface area contributed by atoms with E-state index in [0.717, 1.165) is 72.0 Å². The average Bonchev–Trinajstić information content (AvgIpc) is 3.60. The van der Waals surface area contributed by atoms with Crippen molar-refractivity contribution >= 4 is 17.8 Å². The molecular formula is C42H54N2O8. The zero-order valence-corrected chi connectivity index (χ0v) is 30.7. The van der Waals surface area contributed by atoms with Crippen molar-refractivity contribution < 1.29 is 38.8 Å². The van der Waals surface area contributed by atoms with Crippen molar-refractivity contribution in [1.29, 1.82) is 0 Å². The Morgan fingerprint density at radius 1 is 0.865 bits per heavy atom. The molecule has 3 aromatic carbocycles. The Morgan fingerprint density at radius 2 is 1.58 bits per heavy atom. The van der Waals surface area contributed by atoms with Crippen LogP contribution in [0.25, 0.3) is 11.1 Å². The van der Waals surface area contributed by atoms with Crippen molar-refractivity contribution in [2.75, 3.05) is 13.1 Å². The third-order valence-corrected chi connectivity index (χ3v) is 9.57. The van der Waals surface area contributed by atoms with Gasteiger partial charge in [-0.25, -0.2) is 0 Å². The summed E-state index contributed by atoms with van der Waals surface area (Å²) in [5, 5.41) is 21.3. The number of carboxylic acids is 1. The van der Waals surface area contributed by atoms with E-state index in [9.17, 15) is 19.5 Å². The lowest BCUT2D eigenvalue weighted by Gasteiger charge is -2.38. The minimum atomic E-state index is -0.780. The van der Waals surface area contributed by atoms with Crippen LogP contribution >= 0.6 is 0 Å². The van der Waals surface area contributed by atoms with E-state index >= 15 is 0 Å². The molecular weight excluding hydrogens is 660 g/mol. The second-order valence-electron chi connectivity index (χ2n) is 14.9. The second kappa shape index (κ2) is 18.6. The average molecular weight is 715 g/mol. The van der Waals surface area contributed by atoms with Gasteiger partial charge in [-0.05, 0) is 86.9 Å². The molecule has 10 heteroatoms. The summed E-state index contributed by atoms with van der Waals surface area (Å²) in [6.45, 7) is 7.48. The maximum Gasteiger partial charge on any atom is 0.323 e. The number of carboxylic acid groups (broad SMARTS) is 1. The van der Waals surface area contributed by atoms with Crippen LogP contribution in [0, 0.1) is 0 Å². The second-order valence-corrected chi connectivity index (χ2v) is 14.9. The number of nitrogens with zero attached hydrogens (tertiary/aromatic N) is 1. The molecule has 4 atom stereocenters. The quantitative estimate of drug-likeness (QED) is 0.104. The molecule has 0 aromatic heterocycles. The molecule has 10 nitrogen and oxygen atoms in total. The van der Waals surface area contributed by atoms with Crippen LogP contribution in [0.2, 0.25) is 0 Å². The van der Waals surface area contributed by atoms with E-state index in [1.165, 1.54) is 0 Å². The number of aliphatic carboxylic acids is 1. The maximum atomic E-state index is 13.1. The lowest BCUT2D eigenvalue weighted by atomic mass is 9.98. The van der Waals surface area contributed by atoms with Crippen LogP contribution in [0.15, 0.2) is 72.8 Å². The fraction of sp³-hybridized carbons (Fsp3) is 0.500. The van der Waals surface area contributed by atoms with Crippen molar-refractivity contribution in [3.63, 3.8) is 0 Å². The molecule has 3 aromatic rings. The Balaban J connectivity index is 1.23. The molecule has 2 aliphatic rings. The van der Waals surface area contributed by atoms with Crippen LogP contribution in [-0.2, 0) is 41.7 Å². The molecule has 52 heavy (non-hydrogen) atoms. The number of aliphatic hydroxyl groups excluding tert-OH is 1. The van der Waals surface area contributed by atoms with Gasteiger partial charge in [0.15, 0.2) is 6.29 Å². The highest BCUT2D eigenvalue weighted by Gasteiger charge is 2.39. The van der Waals surface area contributed by atoms with Gasteiger partial charge in [0.25, 0.3) is 0 Å². The normalized spacial score (nSPS) is 20.8. The van der Waals surface area contributed by atoms with Crippen LogP contribution in [0.1, 0.15) is 113 Å². The summed E-state index contributed by atoms with van der Waals surface area (Å²) in [4.78, 5) is 38.3. The zero-order valence-electron chi connectivity index (χ0n) is 30.7. The van der Waals surface area contributed by atoms with Gasteiger partial charge in [0.05, 0.1) is 18.8 Å². The molecule has 2 saturated heterocycles. The van der Waals surface area contributed by atoms with E-state index < -0.39 is 17.9 Å². The van der Waals surface area contributed by atoms with Crippen molar-refractivity contribution in [3.8, 4) is 11.1 Å². The fourth-order valence-electron chi connectivity index (χ4n) is 6.87. The number of carbonyl (C=O) groups is 3. The lowest BCUT2D eigenvalue weighted by molar-refractivity contribution is -0.253. The van der Waals surface area contributed by atoms with Gasteiger partial charge in [0.2, 0.25) is 5.91 Å². The van der Waals surface area contributed by atoms with Crippen LogP contribution < -0.4 is 5.32 Å². The van der Waals surface area contributed by atoms with Crippen molar-refractivity contribution in [2.45, 2.75) is 122 Å². The number of aliphatic hydroxyl groups is 1. The van der Waals surface area contributed by atoms with E-state index in [0.29, 0.717) is 32.4 Å². The van der Waals surface area contributed by atoms with Crippen molar-refractivity contribution in [2.24, 2.45) is 0 Å². The van der Waals surface area contributed by atoms with Crippen LogP contribution in [-0.4, -0.2) is 63.8 Å². The first-order valence-corrected chi connectivity index (χ1v) is 18.6. The summed E-state index contributed by atoms with van der Waals surface area (Å²) < 4.78 is 19.0. The highest BCUT2D eigenvalue weighted by molar-refractivity contribution is 5.77. The van der Waals surface area contributed by atoms with Crippen molar-refractivity contribution in [1.82, 2.24) is 10.2 Å². The van der Waals surface area contributed by atoms with Gasteiger partial charge in [0, 0.05) is 37.9 Å². The number of unbranched alkanes of at least 4 members (excludes halogenated alkanes) is 3. The number of esters is 1. The Labute approximate surface area is 307 Å². The Morgan fingerprint density at radius 3 is 2.27 bits per heavy atom. The fourth-order valence-corrected chi connectivity index (χ4v) is 6.87. The molecule has 5 rings (SSSR count). The minimum absolute atomic E-state index is 0.00786. The molecule has 3 N–H and O–H groups in total. The first kappa shape index (κ1) is 39.1. The molecule has 280 valence electrons. The third kappa shape index (κ3) is 11.7. The van der Waals surface area contributed by atoms with E-state index in [1.807, 2.05) is 75.4 Å². The molecule has 2 fully saturated rings. The largest absolute Gasteiger partial charge is 0.481 e. The number of rotatable bonds is 16. The summed E-state index contributed by atoms with van der Waals surface area (Å²) in [7, 11) is 0. The molecule has 0 saturated carbocycles. The Bertz CT molecular complexity index is 1620. The Hall–Kier alpha value is -4.09. The highest BCUT2D eigenvalue weighted by atomic mass is 16.7. The topological polar surface area (TPSA) is 135 Å². The number of carbonyl (C=O) groups excluding carboxylic acids is 2. The Kier molecular flexibility index (Phi) is 14.0. The number of benzene rings is 3. The standard InChI is InChI=1S/C42H54N2O8/c1-42(2,3)52-40(49)36-12-9-23-44(36)27-35-25-37(32-17-15-29(28-45)16-18-32)51-41(50-35)33-21-19-31(20-22-33)34-11-8-10-30(24-34)26-43-38(46)13-6-4-5-7-14-39(47)48/h8,10-11,15-22,24,35-37,41,45H,4-7,9,12-14,23,25-28H2,1-3H3,(H,43,46)(H,47,48)/t35-,36-,37+,41+/m0/s1. The number of nitrogens with one attached hydrogen (secondary N) is 1. The van der Waals surface area contributed by atoms with Gasteiger partial charge >= 0.3 is 11.9 Å². The van der Waals surface area contributed by atoms with Gasteiger partial charge in [-0.3, -0.25) is 19.3 Å². The first-order valence-electron chi connectivity index (χ1n) is 18.6. The summed E-state index contributed by atoms with van der Waals surface area (Å²) in [5.74, 6) is -0.974. The summed E-state index contributed by atoms with van der Waals surface area (Å²) in [6.07, 6.45) is 4.93. The molecule has 0 spiro atoms. The van der Waals surface area contributed by atoms with Gasteiger partial charge in [0.1, 0.15) is 11.6 Å². The smallest absolute Gasteiger partial charge is 0.323 e. The van der Waals surface area contributed by atoms with Crippen LogP contribution in [0.5, 0.6) is 0 Å². The van der Waals surface area contributed by atoms with E-state index in [1.54, 1.807) is 0 Å². The number of ether oxygens (including phenoxy) is 3. The van der Waals surface area contributed by atoms with Crippen LogP contribution in [0.3, 0.4) is 0 Å². The predicted octanol–water partition coefficient (Wildman–Crippen LogP) is 7.24. The summed E-state index contributed by atoms with van der Waals surface area (Å²) in [5.41, 5.74) is 5.25. The maximum absolute atomic E-state index is 13.1. The van der Waals surface area contributed by atoms with E-state index in [-0.39, 0.29) is 43.2 Å². The summed E-state index contributed by atoms with van der Waals surface area (Å²) in [6, 6.07) is 23.8. The molecule has 0 radical (unpaired) electrons. The minimum Gasteiger partial charge on any atom is -0.481 e. The molecule has 2 aliphatic heterocycles. The van der Waals surface area contributed by atoms with Gasteiger partial charge in [-0.15, -0.1) is 0 Å². The number of hydrogen-bond acceptors (Lipinski definition) is 8. The van der Waals surface area contributed by atoms with Gasteiger partial charge in [-0.2, -0.15) is 0 Å². The molecule has 0 aliphatic carbocycles. The SMILES string of the molecule is CC(C)(C)OC(=O)[C@@H]1CCCN1C[C@@H]1C[C@H](c2ccc(CO)cc2)O[C@H](c2ccc(-c3cccc(CNC(=O)CCCCCCC(=O)O)c3)cc2)O1. The van der Waals surface area contributed by atoms with Crippen LogP contribution in [0.4, 0.5) is 0 Å². The van der Waals surface area contributed by atoms with E-state index in [2.05, 4.69) is 28.4 Å². The molecule has 0 bridgehead atoms. The number of hydrogen-bond donors (Lipinski definition) is 3. The molecule has 2 heterocycles. The number of likely N-dealkylation sites (tertiary alicyclic amines) is 1. The summed E-state index contributed by atoms with van der Waals surface area (Å²) >= 11 is 0. The van der Waals surface area contributed by atoms with Gasteiger partial charge in [-0.1, -0.05) is 79.6 Å². The number of amides is 1. The monoisotopic (exact) mass is 714 g/mol. The molecule has 0 unspecified atom stereocenters. The van der Waals surface area contributed by atoms with E-state index in [4.69, 9.17) is 19.3 Å². The predicted molar refractivity (Wildman–Crippen MR) is 198 cm³/mol. The lowest BCUT2D eigenvalue weighted by Crippen LogP contribution is -2.45. The molecule has 1 amide bonds. The third-order valence-electron chi connectivity index (χ3n) is 9.57. The highest BCUT2D eigenvalue weighted by Crippen LogP contribution is 2.39. The first-order chi connectivity index (χ1) is 25.0. The van der Waals surface area contributed by atoms with Crippen molar-refractivity contribution in [3.05, 3.63) is 95.1 Å².